The third-order valence-corrected chi connectivity index (χ3v) is 4.74. The van der Waals surface area contributed by atoms with E-state index in [1.54, 1.807) is 0 Å². The van der Waals surface area contributed by atoms with Gasteiger partial charge in [-0.3, -0.25) is 4.79 Å². The van der Waals surface area contributed by atoms with Gasteiger partial charge in [-0.1, -0.05) is 40.5 Å². The average molecular weight is 269 g/mol. The molecule has 4 nitrogen and oxygen atoms in total. The van der Waals surface area contributed by atoms with Crippen LogP contribution in [0.2, 0.25) is 0 Å². The number of hydrogen-bond donors (Lipinski definition) is 2. The summed E-state index contributed by atoms with van der Waals surface area (Å²) in [6.07, 6.45) is 5.02. The first-order valence-corrected chi connectivity index (χ1v) is 7.70. The maximum absolute atomic E-state index is 11.5. The lowest BCUT2D eigenvalue weighted by Crippen LogP contribution is -2.53. The van der Waals surface area contributed by atoms with Crippen LogP contribution in [0.1, 0.15) is 53.4 Å². The van der Waals surface area contributed by atoms with E-state index in [1.165, 1.54) is 25.7 Å². The van der Waals surface area contributed by atoms with E-state index in [-0.39, 0.29) is 18.0 Å². The van der Waals surface area contributed by atoms with Crippen LogP contribution in [0.15, 0.2) is 0 Å². The molecule has 1 aliphatic rings. The molecule has 19 heavy (non-hydrogen) atoms. The van der Waals surface area contributed by atoms with Gasteiger partial charge in [0.15, 0.2) is 0 Å². The summed E-state index contributed by atoms with van der Waals surface area (Å²) in [6.45, 7) is 11.6. The van der Waals surface area contributed by atoms with E-state index in [4.69, 9.17) is 5.73 Å². The van der Waals surface area contributed by atoms with Crippen LogP contribution < -0.4 is 11.1 Å². The van der Waals surface area contributed by atoms with Gasteiger partial charge in [-0.05, 0) is 31.3 Å². The molecule has 1 aliphatic heterocycles. The molecular weight excluding hydrogens is 238 g/mol. The number of rotatable bonds is 7. The lowest BCUT2D eigenvalue weighted by Gasteiger charge is -2.42. The number of hydrogen-bond acceptors (Lipinski definition) is 3. The zero-order valence-electron chi connectivity index (χ0n) is 13.0. The Morgan fingerprint density at radius 1 is 1.26 bits per heavy atom. The highest BCUT2D eigenvalue weighted by Crippen LogP contribution is 2.37. The quantitative estimate of drug-likeness (QED) is 0.740. The molecule has 0 aromatic rings. The number of amides is 1. The Kier molecular flexibility index (Phi) is 6.27. The van der Waals surface area contributed by atoms with Crippen molar-refractivity contribution in [3.8, 4) is 0 Å². The first-order chi connectivity index (χ1) is 8.92. The highest BCUT2D eigenvalue weighted by atomic mass is 16.1. The van der Waals surface area contributed by atoms with E-state index < -0.39 is 0 Å². The van der Waals surface area contributed by atoms with Crippen molar-refractivity contribution in [2.24, 2.45) is 11.1 Å². The number of nitrogens with zero attached hydrogens (tertiary/aromatic N) is 1. The van der Waals surface area contributed by atoms with Crippen LogP contribution in [0.4, 0.5) is 0 Å². The Bertz CT molecular complexity index is 277. The number of piperidine rings is 1. The van der Waals surface area contributed by atoms with Crippen molar-refractivity contribution in [3.05, 3.63) is 0 Å². The van der Waals surface area contributed by atoms with Gasteiger partial charge in [0.05, 0.1) is 6.04 Å². The highest BCUT2D eigenvalue weighted by molar-refractivity contribution is 5.80. The third kappa shape index (κ3) is 4.77. The number of likely N-dealkylation sites (tertiary alicyclic amines) is 1. The minimum atomic E-state index is -0.239. The standard InChI is InChI=1S/C15H31N3O/c1-5-15(6-2)7-9-18(10-8-15)11-13(14(16)19)17-12(3)4/h12-13,17H,5-11H2,1-4H3,(H2,16,19). The second-order valence-electron chi connectivity index (χ2n) is 6.28. The van der Waals surface area contributed by atoms with E-state index in [0.717, 1.165) is 19.6 Å². The molecule has 0 saturated carbocycles. The molecule has 0 aromatic heterocycles. The Balaban J connectivity index is 2.48. The molecule has 0 radical (unpaired) electrons. The summed E-state index contributed by atoms with van der Waals surface area (Å²) >= 11 is 0. The van der Waals surface area contributed by atoms with E-state index in [2.05, 4.69) is 24.1 Å². The molecule has 4 heteroatoms. The Hall–Kier alpha value is -0.610. The number of nitrogens with one attached hydrogen (secondary N) is 1. The normalized spacial score (nSPS) is 21.5. The molecule has 1 rings (SSSR count). The minimum Gasteiger partial charge on any atom is -0.368 e. The number of nitrogens with two attached hydrogens (primary N) is 1. The lowest BCUT2D eigenvalue weighted by atomic mass is 9.74. The summed E-state index contributed by atoms with van der Waals surface area (Å²) in [6, 6.07) is 0.0587. The van der Waals surface area contributed by atoms with Crippen molar-refractivity contribution < 1.29 is 4.79 Å². The van der Waals surface area contributed by atoms with Gasteiger partial charge in [0.25, 0.3) is 0 Å². The van der Waals surface area contributed by atoms with Crippen LogP contribution >= 0.6 is 0 Å². The number of carbonyl (C=O) groups excluding carboxylic acids is 1. The second kappa shape index (κ2) is 7.25. The van der Waals surface area contributed by atoms with Gasteiger partial charge in [0.1, 0.15) is 0 Å². The van der Waals surface area contributed by atoms with Crippen molar-refractivity contribution >= 4 is 5.91 Å². The van der Waals surface area contributed by atoms with Gasteiger partial charge in [-0.15, -0.1) is 0 Å². The zero-order chi connectivity index (χ0) is 14.5. The van der Waals surface area contributed by atoms with Crippen molar-refractivity contribution in [3.63, 3.8) is 0 Å². The minimum absolute atomic E-state index is 0.226. The lowest BCUT2D eigenvalue weighted by molar-refractivity contribution is -0.120. The third-order valence-electron chi connectivity index (χ3n) is 4.74. The van der Waals surface area contributed by atoms with E-state index >= 15 is 0 Å². The van der Waals surface area contributed by atoms with Gasteiger partial charge in [-0.25, -0.2) is 0 Å². The van der Waals surface area contributed by atoms with Gasteiger partial charge < -0.3 is 16.0 Å². The van der Waals surface area contributed by atoms with Crippen LogP contribution in [-0.2, 0) is 4.79 Å². The maximum atomic E-state index is 11.5. The fourth-order valence-corrected chi connectivity index (χ4v) is 3.05. The topological polar surface area (TPSA) is 58.4 Å². The van der Waals surface area contributed by atoms with Gasteiger partial charge >= 0.3 is 0 Å². The molecule has 1 atom stereocenters. The monoisotopic (exact) mass is 269 g/mol. The van der Waals surface area contributed by atoms with Crippen molar-refractivity contribution in [1.82, 2.24) is 10.2 Å². The molecule has 0 bridgehead atoms. The average Bonchev–Trinajstić information content (AvgIpc) is 2.38. The van der Waals surface area contributed by atoms with Crippen molar-refractivity contribution in [1.29, 1.82) is 0 Å². The predicted octanol–water partition coefficient (Wildman–Crippen LogP) is 1.74. The Morgan fingerprint density at radius 3 is 2.16 bits per heavy atom. The molecule has 1 heterocycles. The first-order valence-electron chi connectivity index (χ1n) is 7.70. The molecule has 1 amide bonds. The molecule has 112 valence electrons. The van der Waals surface area contributed by atoms with Crippen LogP contribution in [0, 0.1) is 5.41 Å². The molecule has 1 saturated heterocycles. The SMILES string of the molecule is CCC1(CC)CCN(CC(NC(C)C)C(N)=O)CC1. The highest BCUT2D eigenvalue weighted by Gasteiger charge is 2.32. The molecule has 3 N–H and O–H groups in total. The van der Waals surface area contributed by atoms with E-state index in [1.807, 2.05) is 13.8 Å². The second-order valence-corrected chi connectivity index (χ2v) is 6.28. The maximum Gasteiger partial charge on any atom is 0.235 e. The number of carbonyl (C=O) groups is 1. The summed E-state index contributed by atoms with van der Waals surface area (Å²) in [5, 5.41) is 3.26. The van der Waals surface area contributed by atoms with Crippen LogP contribution in [0.5, 0.6) is 0 Å². The van der Waals surface area contributed by atoms with Gasteiger partial charge in [0, 0.05) is 12.6 Å². The fraction of sp³-hybridized carbons (Fsp3) is 0.933. The summed E-state index contributed by atoms with van der Waals surface area (Å²) in [4.78, 5) is 13.9. The molecule has 1 unspecified atom stereocenters. The molecule has 0 spiro atoms. The molecule has 0 aliphatic carbocycles. The molecule has 0 aromatic carbocycles. The first kappa shape index (κ1) is 16.4. The van der Waals surface area contributed by atoms with Crippen LogP contribution in [-0.4, -0.2) is 42.5 Å². The van der Waals surface area contributed by atoms with Crippen molar-refractivity contribution in [2.45, 2.75) is 65.5 Å². The summed E-state index contributed by atoms with van der Waals surface area (Å²) in [5.74, 6) is -0.239. The Labute approximate surface area is 118 Å². The fourth-order valence-electron chi connectivity index (χ4n) is 3.05. The van der Waals surface area contributed by atoms with E-state index in [9.17, 15) is 4.79 Å². The smallest absolute Gasteiger partial charge is 0.235 e. The number of primary amides is 1. The summed E-state index contributed by atoms with van der Waals surface area (Å²) in [5.41, 5.74) is 6.01. The van der Waals surface area contributed by atoms with E-state index in [0.29, 0.717) is 5.41 Å². The summed E-state index contributed by atoms with van der Waals surface area (Å²) in [7, 11) is 0. The van der Waals surface area contributed by atoms with Crippen molar-refractivity contribution in [2.75, 3.05) is 19.6 Å². The molecule has 1 fully saturated rings. The summed E-state index contributed by atoms with van der Waals surface area (Å²) < 4.78 is 0. The Morgan fingerprint density at radius 2 is 1.79 bits per heavy atom. The van der Waals surface area contributed by atoms with Gasteiger partial charge in [0.2, 0.25) is 5.91 Å². The molecular formula is C15H31N3O. The largest absolute Gasteiger partial charge is 0.368 e. The zero-order valence-corrected chi connectivity index (χ0v) is 13.0. The van der Waals surface area contributed by atoms with Crippen LogP contribution in [0.25, 0.3) is 0 Å². The predicted molar refractivity (Wildman–Crippen MR) is 79.9 cm³/mol. The van der Waals surface area contributed by atoms with Crippen LogP contribution in [0.3, 0.4) is 0 Å². The van der Waals surface area contributed by atoms with Gasteiger partial charge in [-0.2, -0.15) is 0 Å².